The Balaban J connectivity index is 1.57. The molecule has 2 aliphatic rings. The minimum Gasteiger partial charge on any atom is -0.453 e. The second kappa shape index (κ2) is 9.03. The summed E-state index contributed by atoms with van der Waals surface area (Å²) in [5.41, 5.74) is 1.38. The first-order valence-electron chi connectivity index (χ1n) is 11.7. The number of nitrogens with zero attached hydrogens (tertiary/aromatic N) is 2. The summed E-state index contributed by atoms with van der Waals surface area (Å²) in [7, 11) is 1.28. The highest BCUT2D eigenvalue weighted by atomic mass is 19.4. The van der Waals surface area contributed by atoms with Crippen LogP contribution >= 0.6 is 0 Å². The topological polar surface area (TPSA) is 104 Å². The molecule has 3 aromatic rings. The third kappa shape index (κ3) is 4.77. The number of aromatic amines is 1. The number of benzene rings is 1. The van der Waals surface area contributed by atoms with Crippen molar-refractivity contribution in [3.8, 4) is 11.3 Å². The largest absolute Gasteiger partial charge is 0.453 e. The van der Waals surface area contributed by atoms with Gasteiger partial charge >= 0.3 is 12.3 Å². The van der Waals surface area contributed by atoms with E-state index < -0.39 is 17.8 Å². The van der Waals surface area contributed by atoms with Crippen molar-refractivity contribution in [3.63, 3.8) is 0 Å². The van der Waals surface area contributed by atoms with Crippen molar-refractivity contribution < 1.29 is 22.7 Å². The van der Waals surface area contributed by atoms with E-state index in [0.717, 1.165) is 37.4 Å². The smallest absolute Gasteiger partial charge is 0.419 e. The Bertz CT molecular complexity index is 1250. The molecule has 0 radical (unpaired) electrons. The molecule has 2 aromatic heterocycles. The number of halogens is 3. The summed E-state index contributed by atoms with van der Waals surface area (Å²) in [5.74, 6) is 0.373. The normalized spacial score (nSPS) is 20.6. The molecule has 8 nitrogen and oxygen atoms in total. The molecule has 35 heavy (non-hydrogen) atoms. The molecule has 0 spiro atoms. The van der Waals surface area contributed by atoms with E-state index in [0.29, 0.717) is 34.7 Å². The van der Waals surface area contributed by atoms with E-state index >= 15 is 0 Å². The maximum Gasteiger partial charge on any atom is 0.419 e. The third-order valence-corrected chi connectivity index (χ3v) is 6.65. The van der Waals surface area contributed by atoms with Crippen LogP contribution in [0.5, 0.6) is 0 Å². The molecule has 1 saturated heterocycles. The van der Waals surface area contributed by atoms with Crippen molar-refractivity contribution in [3.05, 3.63) is 35.7 Å². The summed E-state index contributed by atoms with van der Waals surface area (Å²) in [4.78, 5) is 23.3. The Morgan fingerprint density at radius 3 is 2.66 bits per heavy atom. The number of alkyl halides is 3. The number of hydrogen-bond acceptors (Lipinski definition) is 6. The molecule has 3 heterocycles. The van der Waals surface area contributed by atoms with E-state index in [2.05, 4.69) is 37.8 Å². The molecule has 5 rings (SSSR count). The van der Waals surface area contributed by atoms with Gasteiger partial charge in [-0.3, -0.25) is 5.32 Å². The zero-order valence-electron chi connectivity index (χ0n) is 19.4. The monoisotopic (exact) mass is 488 g/mol. The molecule has 1 unspecified atom stereocenters. The molecule has 1 aliphatic carbocycles. The Labute approximate surface area is 200 Å². The molecule has 2 fully saturated rings. The van der Waals surface area contributed by atoms with Gasteiger partial charge in [-0.2, -0.15) is 13.2 Å². The van der Waals surface area contributed by atoms with E-state index in [1.54, 1.807) is 18.3 Å². The maximum atomic E-state index is 14.0. The highest BCUT2D eigenvalue weighted by molar-refractivity contribution is 6.01. The fourth-order valence-corrected chi connectivity index (χ4v) is 4.65. The highest BCUT2D eigenvalue weighted by Crippen LogP contribution is 2.48. The Hall–Kier alpha value is -3.34. The Morgan fingerprint density at radius 1 is 1.20 bits per heavy atom. The molecule has 2 atom stereocenters. The fraction of sp³-hybridized carbons (Fsp3) is 0.458. The molecule has 11 heteroatoms. The lowest BCUT2D eigenvalue weighted by atomic mass is 10.00. The van der Waals surface area contributed by atoms with E-state index in [1.165, 1.54) is 7.11 Å². The number of carbonyl (C=O) groups is 1. The predicted molar refractivity (Wildman–Crippen MR) is 126 cm³/mol. The number of methoxy groups -OCH3 is 1. The number of aromatic nitrogens is 3. The third-order valence-electron chi connectivity index (χ3n) is 6.65. The fourth-order valence-electron chi connectivity index (χ4n) is 4.65. The molecule has 1 aromatic carbocycles. The molecule has 1 aliphatic heterocycles. The van der Waals surface area contributed by atoms with Crippen LogP contribution in [0.3, 0.4) is 0 Å². The summed E-state index contributed by atoms with van der Waals surface area (Å²) in [5, 5.41) is 9.86. The molecule has 1 saturated carbocycles. The van der Waals surface area contributed by atoms with Crippen molar-refractivity contribution >= 4 is 28.6 Å². The summed E-state index contributed by atoms with van der Waals surface area (Å²) in [6.45, 7) is 2.79. The van der Waals surface area contributed by atoms with Gasteiger partial charge in [0.05, 0.1) is 18.3 Å². The lowest BCUT2D eigenvalue weighted by molar-refractivity contribution is -0.137. The van der Waals surface area contributed by atoms with E-state index in [9.17, 15) is 18.0 Å². The summed E-state index contributed by atoms with van der Waals surface area (Å²) < 4.78 is 46.6. The van der Waals surface area contributed by atoms with Crippen LogP contribution in [0.25, 0.3) is 22.2 Å². The zero-order valence-corrected chi connectivity index (χ0v) is 19.4. The second-order valence-electron chi connectivity index (χ2n) is 9.22. The summed E-state index contributed by atoms with van der Waals surface area (Å²) in [6, 6.07) is 3.84. The molecular formula is C24H27F3N6O2. The zero-order chi connectivity index (χ0) is 24.7. The molecule has 1 amide bonds. The van der Waals surface area contributed by atoms with Crippen LogP contribution in [0.4, 0.5) is 29.6 Å². The van der Waals surface area contributed by atoms with Crippen LogP contribution < -0.4 is 16.0 Å². The van der Waals surface area contributed by atoms with E-state index in [-0.39, 0.29) is 23.6 Å². The van der Waals surface area contributed by atoms with Crippen LogP contribution in [-0.4, -0.2) is 46.8 Å². The first kappa shape index (κ1) is 23.4. The van der Waals surface area contributed by atoms with Gasteiger partial charge in [-0.15, -0.1) is 0 Å². The van der Waals surface area contributed by atoms with Crippen LogP contribution in [0, 0.1) is 0 Å². The SMILES string of the molecule is COC(=O)Nc1ccc2c(-c3nc(NC4CC[C@@H](C)NC4)ncc3C(F)(F)F)c[nH]c2c1C1CC1. The van der Waals surface area contributed by atoms with Gasteiger partial charge in [0.2, 0.25) is 5.95 Å². The van der Waals surface area contributed by atoms with Gasteiger partial charge in [0.1, 0.15) is 5.56 Å². The quantitative estimate of drug-likeness (QED) is 0.391. The number of ether oxygens (including phenoxy) is 1. The summed E-state index contributed by atoms with van der Waals surface area (Å²) in [6.07, 6.45) is 0.877. The van der Waals surface area contributed by atoms with Crippen LogP contribution in [-0.2, 0) is 10.9 Å². The van der Waals surface area contributed by atoms with E-state index in [4.69, 9.17) is 4.74 Å². The first-order chi connectivity index (χ1) is 16.7. The van der Waals surface area contributed by atoms with Crippen LogP contribution in [0.2, 0.25) is 0 Å². The maximum absolute atomic E-state index is 14.0. The lowest BCUT2D eigenvalue weighted by Gasteiger charge is -2.28. The number of rotatable bonds is 5. The first-order valence-corrected chi connectivity index (χ1v) is 11.7. The van der Waals surface area contributed by atoms with Crippen LogP contribution in [0.15, 0.2) is 24.5 Å². The number of amides is 1. The average Bonchev–Trinajstić information content (AvgIpc) is 3.57. The average molecular weight is 489 g/mol. The van der Waals surface area contributed by atoms with Crippen molar-refractivity contribution in [1.29, 1.82) is 0 Å². The van der Waals surface area contributed by atoms with Gasteiger partial charge in [0, 0.05) is 53.2 Å². The van der Waals surface area contributed by atoms with E-state index in [1.807, 2.05) is 0 Å². The van der Waals surface area contributed by atoms with Gasteiger partial charge in [-0.1, -0.05) is 6.07 Å². The number of piperidine rings is 1. The minimum absolute atomic E-state index is 0.0344. The second-order valence-corrected chi connectivity index (χ2v) is 9.22. The number of H-pyrrole nitrogens is 1. The van der Waals surface area contributed by atoms with Crippen molar-refractivity contribution in [1.82, 2.24) is 20.3 Å². The van der Waals surface area contributed by atoms with Gasteiger partial charge < -0.3 is 20.4 Å². The van der Waals surface area contributed by atoms with Crippen molar-refractivity contribution in [2.45, 2.75) is 56.8 Å². The van der Waals surface area contributed by atoms with Crippen LogP contribution in [0.1, 0.15) is 49.7 Å². The number of anilines is 2. The molecule has 0 bridgehead atoms. The van der Waals surface area contributed by atoms with Crippen molar-refractivity contribution in [2.24, 2.45) is 0 Å². The van der Waals surface area contributed by atoms with Gasteiger partial charge in [-0.25, -0.2) is 14.8 Å². The van der Waals surface area contributed by atoms with Crippen molar-refractivity contribution in [2.75, 3.05) is 24.3 Å². The van der Waals surface area contributed by atoms with Gasteiger partial charge in [-0.05, 0) is 44.6 Å². The Kier molecular flexibility index (Phi) is 6.04. The molecular weight excluding hydrogens is 461 g/mol. The number of nitrogens with one attached hydrogen (secondary N) is 4. The number of fused-ring (bicyclic) bond motifs is 1. The highest BCUT2D eigenvalue weighted by Gasteiger charge is 2.37. The minimum atomic E-state index is -4.62. The number of carbonyl (C=O) groups excluding carboxylic acids is 1. The number of hydrogen-bond donors (Lipinski definition) is 4. The molecule has 4 N–H and O–H groups in total. The standard InChI is InChI=1S/C24H27F3N6O2/c1-12-3-6-14(9-28-12)31-22-30-11-17(24(25,26)27)20(33-22)16-10-29-21-15(16)7-8-18(32-23(34)35-2)19(21)13-4-5-13/h7-8,10-14,28-29H,3-6,9H2,1-2H3,(H,32,34)(H,30,31,33)/t12-,14?/m1/s1. The van der Waals surface area contributed by atoms with Gasteiger partial charge in [0.25, 0.3) is 0 Å². The molecule has 186 valence electrons. The summed E-state index contributed by atoms with van der Waals surface area (Å²) >= 11 is 0. The lowest BCUT2D eigenvalue weighted by Crippen LogP contribution is -2.43. The van der Waals surface area contributed by atoms with Gasteiger partial charge in [0.15, 0.2) is 0 Å². The predicted octanol–water partition coefficient (Wildman–Crippen LogP) is 5.25. The Morgan fingerprint density at radius 2 is 2.00 bits per heavy atom.